The van der Waals surface area contributed by atoms with Crippen LogP contribution in [0.4, 0.5) is 0 Å². The summed E-state index contributed by atoms with van der Waals surface area (Å²) in [6.07, 6.45) is 4.60. The van der Waals surface area contributed by atoms with Gasteiger partial charge in [0.2, 0.25) is 0 Å². The van der Waals surface area contributed by atoms with Gasteiger partial charge in [0.15, 0.2) is 6.61 Å². The third kappa shape index (κ3) is 4.71. The first-order valence-corrected chi connectivity index (χ1v) is 6.57. The van der Waals surface area contributed by atoms with Crippen LogP contribution in [0.1, 0.15) is 11.1 Å². The Morgan fingerprint density at radius 1 is 1.15 bits per heavy atom. The highest BCUT2D eigenvalue weighted by Gasteiger charge is 1.97. The molecule has 0 saturated carbocycles. The molecule has 1 N–H and O–H groups in total. The van der Waals surface area contributed by atoms with Crippen LogP contribution in [0.2, 0.25) is 0 Å². The fourth-order valence-corrected chi connectivity index (χ4v) is 1.88. The molecular weight excluding hydrogens is 250 g/mol. The molecule has 20 heavy (non-hydrogen) atoms. The van der Waals surface area contributed by atoms with Crippen molar-refractivity contribution >= 4 is 0 Å². The molecule has 4 heteroatoms. The lowest BCUT2D eigenvalue weighted by molar-refractivity contribution is 0.367. The van der Waals surface area contributed by atoms with E-state index in [-0.39, 0.29) is 6.61 Å². The number of nitriles is 1. The second-order valence-corrected chi connectivity index (χ2v) is 4.38. The molecule has 0 aliphatic rings. The van der Waals surface area contributed by atoms with Crippen molar-refractivity contribution in [3.8, 4) is 11.8 Å². The van der Waals surface area contributed by atoms with Gasteiger partial charge >= 0.3 is 0 Å². The highest BCUT2D eigenvalue weighted by atomic mass is 16.5. The maximum atomic E-state index is 8.49. The molecule has 102 valence electrons. The molecule has 0 radical (unpaired) electrons. The number of aromatic nitrogens is 1. The predicted molar refractivity (Wildman–Crippen MR) is 77.2 cm³/mol. The van der Waals surface area contributed by atoms with Gasteiger partial charge in [-0.05, 0) is 48.4 Å². The Kier molecular flexibility index (Phi) is 5.56. The number of ether oxygens (including phenoxy) is 1. The maximum Gasteiger partial charge on any atom is 0.174 e. The lowest BCUT2D eigenvalue weighted by Crippen LogP contribution is -2.16. The summed E-state index contributed by atoms with van der Waals surface area (Å²) in [5, 5.41) is 11.9. The summed E-state index contributed by atoms with van der Waals surface area (Å²) in [4.78, 5) is 4.00. The topological polar surface area (TPSA) is 57.9 Å². The third-order valence-electron chi connectivity index (χ3n) is 2.87. The van der Waals surface area contributed by atoms with Gasteiger partial charge in [0.25, 0.3) is 0 Å². The van der Waals surface area contributed by atoms with Gasteiger partial charge in [-0.2, -0.15) is 5.26 Å². The molecule has 0 bridgehead atoms. The second kappa shape index (κ2) is 7.93. The van der Waals surface area contributed by atoms with Crippen LogP contribution in [0, 0.1) is 11.3 Å². The number of nitrogens with one attached hydrogen (secondary N) is 1. The van der Waals surface area contributed by atoms with Crippen molar-refractivity contribution in [3.05, 3.63) is 59.9 Å². The minimum Gasteiger partial charge on any atom is -0.479 e. The van der Waals surface area contributed by atoms with Gasteiger partial charge in [0.05, 0.1) is 0 Å². The zero-order valence-electron chi connectivity index (χ0n) is 11.2. The monoisotopic (exact) mass is 267 g/mol. The van der Waals surface area contributed by atoms with E-state index in [4.69, 9.17) is 10.00 Å². The van der Waals surface area contributed by atoms with Crippen molar-refractivity contribution < 1.29 is 4.74 Å². The fourth-order valence-electron chi connectivity index (χ4n) is 1.88. The van der Waals surface area contributed by atoms with Crippen LogP contribution < -0.4 is 10.1 Å². The Morgan fingerprint density at radius 3 is 2.80 bits per heavy atom. The number of benzene rings is 1. The van der Waals surface area contributed by atoms with Gasteiger partial charge in [-0.15, -0.1) is 0 Å². The largest absolute Gasteiger partial charge is 0.479 e. The van der Waals surface area contributed by atoms with Gasteiger partial charge in [0, 0.05) is 18.9 Å². The lowest BCUT2D eigenvalue weighted by atomic mass is 10.2. The minimum atomic E-state index is 0.0823. The number of nitrogens with zero attached hydrogens (tertiary/aromatic N) is 2. The molecule has 0 aliphatic heterocycles. The van der Waals surface area contributed by atoms with Gasteiger partial charge in [-0.3, -0.25) is 4.98 Å². The van der Waals surface area contributed by atoms with E-state index in [1.165, 1.54) is 5.56 Å². The van der Waals surface area contributed by atoms with Crippen LogP contribution in [0.15, 0.2) is 48.8 Å². The maximum absolute atomic E-state index is 8.49. The SMILES string of the molecule is N#CCOc1cccc(CNCCc2ccncc2)c1. The van der Waals surface area contributed by atoms with Crippen molar-refractivity contribution in [2.45, 2.75) is 13.0 Å². The van der Waals surface area contributed by atoms with Crippen LogP contribution in [-0.4, -0.2) is 18.1 Å². The van der Waals surface area contributed by atoms with Crippen molar-refractivity contribution in [2.75, 3.05) is 13.2 Å². The van der Waals surface area contributed by atoms with E-state index in [0.29, 0.717) is 0 Å². The second-order valence-electron chi connectivity index (χ2n) is 4.38. The van der Waals surface area contributed by atoms with E-state index in [9.17, 15) is 0 Å². The Morgan fingerprint density at radius 2 is 2.00 bits per heavy atom. The first-order chi connectivity index (χ1) is 9.88. The Labute approximate surface area is 119 Å². The van der Waals surface area contributed by atoms with E-state index >= 15 is 0 Å². The molecule has 1 heterocycles. The first kappa shape index (κ1) is 14.0. The van der Waals surface area contributed by atoms with E-state index in [2.05, 4.69) is 10.3 Å². The van der Waals surface area contributed by atoms with Crippen molar-refractivity contribution in [1.82, 2.24) is 10.3 Å². The highest BCUT2D eigenvalue weighted by Crippen LogP contribution is 2.12. The number of hydrogen-bond acceptors (Lipinski definition) is 4. The molecule has 0 spiro atoms. The molecule has 2 rings (SSSR count). The summed E-state index contributed by atoms with van der Waals surface area (Å²) < 4.78 is 5.28. The molecule has 4 nitrogen and oxygen atoms in total. The summed E-state index contributed by atoms with van der Waals surface area (Å²) >= 11 is 0. The Balaban J connectivity index is 1.75. The van der Waals surface area contributed by atoms with Gasteiger partial charge < -0.3 is 10.1 Å². The standard InChI is InChI=1S/C16H17N3O/c17-7-11-20-16-3-1-2-15(12-16)13-19-10-6-14-4-8-18-9-5-14/h1-5,8-9,12,19H,6,10-11,13H2. The summed E-state index contributed by atoms with van der Waals surface area (Å²) in [5.41, 5.74) is 2.42. The number of pyridine rings is 1. The Hall–Kier alpha value is -2.38. The van der Waals surface area contributed by atoms with Crippen LogP contribution in [0.3, 0.4) is 0 Å². The van der Waals surface area contributed by atoms with E-state index in [0.717, 1.165) is 30.8 Å². The van der Waals surface area contributed by atoms with E-state index < -0.39 is 0 Å². The zero-order valence-corrected chi connectivity index (χ0v) is 11.2. The summed E-state index contributed by atoms with van der Waals surface area (Å²) in [7, 11) is 0. The molecule has 1 aromatic heterocycles. The lowest BCUT2D eigenvalue weighted by Gasteiger charge is -2.07. The number of hydrogen-bond donors (Lipinski definition) is 1. The molecule has 0 amide bonds. The fraction of sp³-hybridized carbons (Fsp3) is 0.250. The predicted octanol–water partition coefficient (Wildman–Crippen LogP) is 2.32. The molecule has 0 unspecified atom stereocenters. The smallest absolute Gasteiger partial charge is 0.174 e. The van der Waals surface area contributed by atoms with Crippen molar-refractivity contribution in [3.63, 3.8) is 0 Å². The molecule has 0 saturated heterocycles. The minimum absolute atomic E-state index is 0.0823. The van der Waals surface area contributed by atoms with Gasteiger partial charge in [-0.1, -0.05) is 12.1 Å². The molecule has 1 aromatic carbocycles. The molecular formula is C16H17N3O. The van der Waals surface area contributed by atoms with Crippen LogP contribution >= 0.6 is 0 Å². The van der Waals surface area contributed by atoms with E-state index in [1.807, 2.05) is 54.9 Å². The van der Waals surface area contributed by atoms with Crippen LogP contribution in [-0.2, 0) is 13.0 Å². The zero-order chi connectivity index (χ0) is 14.0. The van der Waals surface area contributed by atoms with Gasteiger partial charge in [0.1, 0.15) is 11.8 Å². The number of rotatable bonds is 7. The molecule has 2 aromatic rings. The first-order valence-electron chi connectivity index (χ1n) is 6.57. The highest BCUT2D eigenvalue weighted by molar-refractivity contribution is 5.28. The van der Waals surface area contributed by atoms with Gasteiger partial charge in [-0.25, -0.2) is 0 Å². The summed E-state index contributed by atoms with van der Waals surface area (Å²) in [6.45, 7) is 1.78. The summed E-state index contributed by atoms with van der Waals surface area (Å²) in [6, 6.07) is 13.8. The van der Waals surface area contributed by atoms with Crippen molar-refractivity contribution in [2.24, 2.45) is 0 Å². The average Bonchev–Trinajstić information content (AvgIpc) is 2.51. The summed E-state index contributed by atoms with van der Waals surface area (Å²) in [5.74, 6) is 0.736. The van der Waals surface area contributed by atoms with E-state index in [1.54, 1.807) is 0 Å². The van der Waals surface area contributed by atoms with Crippen LogP contribution in [0.25, 0.3) is 0 Å². The van der Waals surface area contributed by atoms with Crippen molar-refractivity contribution in [1.29, 1.82) is 5.26 Å². The average molecular weight is 267 g/mol. The third-order valence-corrected chi connectivity index (χ3v) is 2.87. The van der Waals surface area contributed by atoms with Crippen LogP contribution in [0.5, 0.6) is 5.75 Å². The molecule has 0 aliphatic carbocycles. The molecule has 0 fully saturated rings. The Bertz CT molecular complexity index is 563. The quantitative estimate of drug-likeness (QED) is 0.782. The normalized spacial score (nSPS) is 9.95. The molecule has 0 atom stereocenters.